The van der Waals surface area contributed by atoms with E-state index in [1.54, 1.807) is 12.4 Å². The molecule has 5 rings (SSSR count). The van der Waals surface area contributed by atoms with E-state index in [1.807, 2.05) is 22.7 Å². The van der Waals surface area contributed by atoms with Gasteiger partial charge in [0.2, 0.25) is 0 Å². The number of benzene rings is 1. The lowest BCUT2D eigenvalue weighted by Gasteiger charge is -2.08. The van der Waals surface area contributed by atoms with Crippen LogP contribution in [0.1, 0.15) is 11.1 Å². The highest BCUT2D eigenvalue weighted by molar-refractivity contribution is 5.79. The standard InChI is InChI=1S/C19H13N5/c1-3-13-4-2-6-17(16(13)5-1)15-11-21-19-23-22-18(24(19)12-15)14-7-9-20-10-8-14/h1-2,4-12H,3H2. The molecule has 3 aromatic heterocycles. The Morgan fingerprint density at radius 3 is 2.79 bits per heavy atom. The number of allylic oxidation sites excluding steroid dienone is 1. The van der Waals surface area contributed by atoms with Crippen molar-refractivity contribution in [2.75, 3.05) is 0 Å². The predicted octanol–water partition coefficient (Wildman–Crippen LogP) is 3.42. The second kappa shape index (κ2) is 5.09. The molecule has 1 aliphatic rings. The lowest BCUT2D eigenvalue weighted by atomic mass is 9.99. The van der Waals surface area contributed by atoms with Crippen LogP contribution in [-0.2, 0) is 6.42 Å². The molecule has 24 heavy (non-hydrogen) atoms. The lowest BCUT2D eigenvalue weighted by molar-refractivity contribution is 1.10. The molecule has 1 aromatic carbocycles. The van der Waals surface area contributed by atoms with Gasteiger partial charge in [-0.15, -0.1) is 10.2 Å². The van der Waals surface area contributed by atoms with E-state index in [4.69, 9.17) is 0 Å². The van der Waals surface area contributed by atoms with E-state index in [2.05, 4.69) is 56.7 Å². The summed E-state index contributed by atoms with van der Waals surface area (Å²) in [6.45, 7) is 0. The molecule has 4 aromatic rings. The molecular formula is C19H13N5. The molecule has 0 unspecified atom stereocenters. The highest BCUT2D eigenvalue weighted by Gasteiger charge is 2.14. The van der Waals surface area contributed by atoms with Gasteiger partial charge >= 0.3 is 0 Å². The summed E-state index contributed by atoms with van der Waals surface area (Å²) in [5, 5.41) is 8.45. The fourth-order valence-corrected chi connectivity index (χ4v) is 3.17. The van der Waals surface area contributed by atoms with E-state index in [-0.39, 0.29) is 0 Å². The first-order chi connectivity index (χ1) is 11.9. The first-order valence-corrected chi connectivity index (χ1v) is 7.80. The Bertz CT molecular complexity index is 1080. The molecule has 0 amide bonds. The third-order valence-electron chi connectivity index (χ3n) is 4.33. The third kappa shape index (κ3) is 1.95. The van der Waals surface area contributed by atoms with Crippen LogP contribution in [0.4, 0.5) is 0 Å². The quantitative estimate of drug-likeness (QED) is 0.569. The van der Waals surface area contributed by atoms with Gasteiger partial charge in [-0.3, -0.25) is 9.38 Å². The van der Waals surface area contributed by atoms with Crippen LogP contribution in [0.25, 0.3) is 34.4 Å². The van der Waals surface area contributed by atoms with Crippen molar-refractivity contribution in [3.05, 3.63) is 72.3 Å². The zero-order valence-electron chi connectivity index (χ0n) is 12.8. The largest absolute Gasteiger partial charge is 0.266 e. The molecular weight excluding hydrogens is 298 g/mol. The van der Waals surface area contributed by atoms with Crippen molar-refractivity contribution >= 4 is 11.9 Å². The summed E-state index contributed by atoms with van der Waals surface area (Å²) in [6.07, 6.45) is 12.8. The summed E-state index contributed by atoms with van der Waals surface area (Å²) >= 11 is 0. The Labute approximate surface area is 138 Å². The summed E-state index contributed by atoms with van der Waals surface area (Å²) in [6, 6.07) is 10.2. The van der Waals surface area contributed by atoms with Gasteiger partial charge in [-0.1, -0.05) is 30.4 Å². The minimum absolute atomic E-state index is 0.591. The van der Waals surface area contributed by atoms with E-state index >= 15 is 0 Å². The van der Waals surface area contributed by atoms with Crippen LogP contribution in [-0.4, -0.2) is 24.6 Å². The normalized spacial score (nSPS) is 12.7. The molecule has 0 atom stereocenters. The topological polar surface area (TPSA) is 56.0 Å². The summed E-state index contributed by atoms with van der Waals surface area (Å²) in [7, 11) is 0. The molecule has 0 fully saturated rings. The maximum Gasteiger partial charge on any atom is 0.255 e. The van der Waals surface area contributed by atoms with Crippen molar-refractivity contribution in [2.45, 2.75) is 6.42 Å². The van der Waals surface area contributed by atoms with Crippen LogP contribution in [0.15, 0.2) is 61.2 Å². The first kappa shape index (κ1) is 13.1. The summed E-state index contributed by atoms with van der Waals surface area (Å²) in [5.74, 6) is 1.36. The van der Waals surface area contributed by atoms with Gasteiger partial charge < -0.3 is 0 Å². The Morgan fingerprint density at radius 1 is 0.958 bits per heavy atom. The van der Waals surface area contributed by atoms with E-state index in [0.717, 1.165) is 23.4 Å². The van der Waals surface area contributed by atoms with Gasteiger partial charge in [-0.2, -0.15) is 0 Å². The zero-order valence-corrected chi connectivity index (χ0v) is 12.8. The first-order valence-electron chi connectivity index (χ1n) is 7.80. The van der Waals surface area contributed by atoms with Gasteiger partial charge in [0.1, 0.15) is 0 Å². The van der Waals surface area contributed by atoms with E-state index in [9.17, 15) is 0 Å². The van der Waals surface area contributed by atoms with E-state index in [1.165, 1.54) is 16.7 Å². The van der Waals surface area contributed by atoms with Crippen LogP contribution in [0.3, 0.4) is 0 Å². The Hall–Kier alpha value is -3.34. The highest BCUT2D eigenvalue weighted by Crippen LogP contribution is 2.31. The van der Waals surface area contributed by atoms with Crippen LogP contribution in [0, 0.1) is 0 Å². The SMILES string of the molecule is C1=Cc2c(cccc2-c2cnc3nnc(-c4ccncc4)n3c2)C1. The van der Waals surface area contributed by atoms with Crippen molar-refractivity contribution in [1.82, 2.24) is 24.6 Å². The summed E-state index contributed by atoms with van der Waals surface area (Å²) in [4.78, 5) is 8.54. The average Bonchev–Trinajstić information content (AvgIpc) is 3.28. The van der Waals surface area contributed by atoms with E-state index in [0.29, 0.717) is 5.78 Å². The molecule has 1 aliphatic carbocycles. The molecule has 0 saturated heterocycles. The number of hydrogen-bond acceptors (Lipinski definition) is 4. The molecule has 5 nitrogen and oxygen atoms in total. The minimum Gasteiger partial charge on any atom is -0.266 e. The molecule has 0 N–H and O–H groups in total. The minimum atomic E-state index is 0.591. The van der Waals surface area contributed by atoms with Crippen LogP contribution >= 0.6 is 0 Å². The molecule has 5 heteroatoms. The van der Waals surface area contributed by atoms with Gasteiger partial charge in [0.25, 0.3) is 5.78 Å². The second-order valence-electron chi connectivity index (χ2n) is 5.76. The number of aromatic nitrogens is 5. The van der Waals surface area contributed by atoms with Crippen molar-refractivity contribution < 1.29 is 0 Å². The summed E-state index contributed by atoms with van der Waals surface area (Å²) < 4.78 is 1.93. The van der Waals surface area contributed by atoms with Crippen LogP contribution in [0.5, 0.6) is 0 Å². The summed E-state index contributed by atoms with van der Waals surface area (Å²) in [5.41, 5.74) is 5.84. The molecule has 114 valence electrons. The number of fused-ring (bicyclic) bond motifs is 2. The fraction of sp³-hybridized carbons (Fsp3) is 0.0526. The maximum absolute atomic E-state index is 4.48. The zero-order chi connectivity index (χ0) is 15.9. The van der Waals surface area contributed by atoms with Crippen molar-refractivity contribution in [1.29, 1.82) is 0 Å². The number of hydrogen-bond donors (Lipinski definition) is 0. The maximum atomic E-state index is 4.48. The smallest absolute Gasteiger partial charge is 0.255 e. The highest BCUT2D eigenvalue weighted by atomic mass is 15.3. The molecule has 0 spiro atoms. The predicted molar refractivity (Wildman–Crippen MR) is 92.2 cm³/mol. The Kier molecular flexibility index (Phi) is 2.79. The molecule has 0 saturated carbocycles. The lowest BCUT2D eigenvalue weighted by Crippen LogP contribution is -1.95. The Balaban J connectivity index is 1.72. The van der Waals surface area contributed by atoms with Crippen molar-refractivity contribution in [2.24, 2.45) is 0 Å². The molecule has 3 heterocycles. The van der Waals surface area contributed by atoms with E-state index < -0.39 is 0 Å². The molecule has 0 radical (unpaired) electrons. The number of nitrogens with zero attached hydrogens (tertiary/aromatic N) is 5. The van der Waals surface area contributed by atoms with Gasteiger partial charge in [-0.25, -0.2) is 4.98 Å². The van der Waals surface area contributed by atoms with Gasteiger partial charge in [0.15, 0.2) is 5.82 Å². The molecule has 0 bridgehead atoms. The fourth-order valence-electron chi connectivity index (χ4n) is 3.17. The van der Waals surface area contributed by atoms with Gasteiger partial charge in [0, 0.05) is 35.9 Å². The molecule has 0 aliphatic heterocycles. The van der Waals surface area contributed by atoms with Crippen LogP contribution < -0.4 is 0 Å². The van der Waals surface area contributed by atoms with Gasteiger partial charge in [-0.05, 0) is 35.2 Å². The third-order valence-corrected chi connectivity index (χ3v) is 4.33. The second-order valence-corrected chi connectivity index (χ2v) is 5.76. The van der Waals surface area contributed by atoms with Crippen molar-refractivity contribution in [3.8, 4) is 22.5 Å². The van der Waals surface area contributed by atoms with Crippen molar-refractivity contribution in [3.63, 3.8) is 0 Å². The Morgan fingerprint density at radius 2 is 1.88 bits per heavy atom. The average molecular weight is 311 g/mol. The van der Waals surface area contributed by atoms with Crippen LogP contribution in [0.2, 0.25) is 0 Å². The number of pyridine rings is 1. The van der Waals surface area contributed by atoms with Gasteiger partial charge in [0.05, 0.1) is 0 Å². The monoisotopic (exact) mass is 311 g/mol. The number of rotatable bonds is 2.